The third kappa shape index (κ3) is 2.94. The molecule has 0 atom stereocenters. The fraction of sp³-hybridized carbons (Fsp3) is 0.533. The second kappa shape index (κ2) is 6.24. The van der Waals surface area contributed by atoms with Crippen LogP contribution in [0.4, 0.5) is 5.95 Å². The summed E-state index contributed by atoms with van der Waals surface area (Å²) in [6.07, 6.45) is 2.44. The van der Waals surface area contributed by atoms with Crippen LogP contribution in [-0.2, 0) is 9.47 Å². The van der Waals surface area contributed by atoms with Crippen LogP contribution in [0.15, 0.2) is 24.3 Å². The van der Waals surface area contributed by atoms with Gasteiger partial charge in [-0.2, -0.15) is 0 Å². The summed E-state index contributed by atoms with van der Waals surface area (Å²) < 4.78 is 10.8. The van der Waals surface area contributed by atoms with Crippen molar-refractivity contribution in [3.63, 3.8) is 0 Å². The Bertz CT molecular complexity index is 514. The van der Waals surface area contributed by atoms with Crippen LogP contribution in [-0.4, -0.2) is 49.5 Å². The third-order valence-corrected chi connectivity index (χ3v) is 3.76. The van der Waals surface area contributed by atoms with Crippen molar-refractivity contribution in [2.45, 2.75) is 18.9 Å². The van der Waals surface area contributed by atoms with Gasteiger partial charge in [-0.25, -0.2) is 4.98 Å². The largest absolute Gasteiger partial charge is 0.382 e. The van der Waals surface area contributed by atoms with Gasteiger partial charge in [0.1, 0.15) is 0 Å². The maximum atomic E-state index is 5.78. The number of aromatic nitrogens is 2. The molecule has 1 aromatic carbocycles. The number of ether oxygens (including phenoxy) is 2. The number of imidazole rings is 1. The van der Waals surface area contributed by atoms with Gasteiger partial charge in [0.2, 0.25) is 5.95 Å². The molecule has 0 spiro atoms. The minimum absolute atomic E-state index is 0.353. The highest BCUT2D eigenvalue weighted by Gasteiger charge is 2.21. The van der Waals surface area contributed by atoms with Crippen molar-refractivity contribution < 1.29 is 9.47 Å². The van der Waals surface area contributed by atoms with Crippen molar-refractivity contribution in [2.24, 2.45) is 0 Å². The molecule has 5 nitrogen and oxygen atoms in total. The number of anilines is 1. The molecule has 1 aliphatic rings. The van der Waals surface area contributed by atoms with Crippen molar-refractivity contribution in [1.29, 1.82) is 0 Å². The maximum Gasteiger partial charge on any atom is 0.203 e. The molecule has 1 N–H and O–H groups in total. The topological polar surface area (TPSA) is 50.4 Å². The van der Waals surface area contributed by atoms with E-state index in [1.807, 2.05) is 18.2 Å². The van der Waals surface area contributed by atoms with Crippen LogP contribution in [0.1, 0.15) is 12.8 Å². The zero-order valence-electron chi connectivity index (χ0n) is 11.8. The summed E-state index contributed by atoms with van der Waals surface area (Å²) in [5.41, 5.74) is 2.13. The van der Waals surface area contributed by atoms with E-state index < -0.39 is 0 Å². The van der Waals surface area contributed by atoms with Gasteiger partial charge in [0, 0.05) is 20.2 Å². The second-order valence-electron chi connectivity index (χ2n) is 5.13. The first-order valence-corrected chi connectivity index (χ1v) is 7.17. The highest BCUT2D eigenvalue weighted by atomic mass is 16.5. The molecule has 1 aromatic heterocycles. The fourth-order valence-corrected chi connectivity index (χ4v) is 2.62. The minimum atomic E-state index is 0.353. The van der Waals surface area contributed by atoms with Gasteiger partial charge in [0.15, 0.2) is 0 Å². The highest BCUT2D eigenvalue weighted by molar-refractivity contribution is 5.77. The predicted octanol–water partition coefficient (Wildman–Crippen LogP) is 2.19. The van der Waals surface area contributed by atoms with Crippen LogP contribution in [0.25, 0.3) is 11.0 Å². The number of piperidine rings is 1. The number of methoxy groups -OCH3 is 1. The number of rotatable bonds is 5. The first kappa shape index (κ1) is 13.4. The lowest BCUT2D eigenvalue weighted by Crippen LogP contribution is -2.38. The zero-order chi connectivity index (χ0) is 13.8. The molecule has 108 valence electrons. The monoisotopic (exact) mass is 275 g/mol. The Morgan fingerprint density at radius 2 is 2.05 bits per heavy atom. The van der Waals surface area contributed by atoms with Gasteiger partial charge in [0.25, 0.3) is 0 Å². The van der Waals surface area contributed by atoms with Crippen LogP contribution in [0.3, 0.4) is 0 Å². The molecule has 2 aromatic rings. The number of hydrogen-bond acceptors (Lipinski definition) is 4. The van der Waals surface area contributed by atoms with E-state index in [2.05, 4.69) is 20.9 Å². The average molecular weight is 275 g/mol. The van der Waals surface area contributed by atoms with E-state index in [0.717, 1.165) is 42.9 Å². The SMILES string of the molecule is COCCOC1CCN(c2nc3ccccc3[nH]2)CC1. The summed E-state index contributed by atoms with van der Waals surface area (Å²) in [6.45, 7) is 3.32. The van der Waals surface area contributed by atoms with Crippen molar-refractivity contribution in [1.82, 2.24) is 9.97 Å². The lowest BCUT2D eigenvalue weighted by Gasteiger charge is -2.31. The molecule has 0 saturated carbocycles. The van der Waals surface area contributed by atoms with Crippen molar-refractivity contribution in [3.05, 3.63) is 24.3 Å². The summed E-state index contributed by atoms with van der Waals surface area (Å²) in [5.74, 6) is 0.974. The van der Waals surface area contributed by atoms with Crippen LogP contribution < -0.4 is 4.90 Å². The molecular weight excluding hydrogens is 254 g/mol. The summed E-state index contributed by atoms with van der Waals surface area (Å²) >= 11 is 0. The van der Waals surface area contributed by atoms with Crippen LogP contribution >= 0.6 is 0 Å². The Morgan fingerprint density at radius 1 is 1.25 bits per heavy atom. The van der Waals surface area contributed by atoms with E-state index in [0.29, 0.717) is 19.3 Å². The molecule has 1 fully saturated rings. The number of aromatic amines is 1. The summed E-state index contributed by atoms with van der Waals surface area (Å²) in [4.78, 5) is 10.3. The van der Waals surface area contributed by atoms with E-state index in [9.17, 15) is 0 Å². The van der Waals surface area contributed by atoms with Crippen LogP contribution in [0, 0.1) is 0 Å². The first-order chi connectivity index (χ1) is 9.86. The molecule has 1 aliphatic heterocycles. The summed E-state index contributed by atoms with van der Waals surface area (Å²) in [6, 6.07) is 8.14. The van der Waals surface area contributed by atoms with E-state index >= 15 is 0 Å². The second-order valence-corrected chi connectivity index (χ2v) is 5.13. The Morgan fingerprint density at radius 3 is 2.80 bits per heavy atom. The molecule has 5 heteroatoms. The fourth-order valence-electron chi connectivity index (χ4n) is 2.62. The highest BCUT2D eigenvalue weighted by Crippen LogP contribution is 2.21. The van der Waals surface area contributed by atoms with Gasteiger partial charge in [-0.1, -0.05) is 12.1 Å². The molecular formula is C15H21N3O2. The molecule has 0 bridgehead atoms. The molecule has 2 heterocycles. The number of benzene rings is 1. The van der Waals surface area contributed by atoms with Crippen molar-refractivity contribution in [3.8, 4) is 0 Å². The molecule has 20 heavy (non-hydrogen) atoms. The van der Waals surface area contributed by atoms with Gasteiger partial charge >= 0.3 is 0 Å². The van der Waals surface area contributed by atoms with Crippen molar-refractivity contribution >= 4 is 17.0 Å². The first-order valence-electron chi connectivity index (χ1n) is 7.17. The summed E-state index contributed by atoms with van der Waals surface area (Å²) in [7, 11) is 1.70. The minimum Gasteiger partial charge on any atom is -0.382 e. The van der Waals surface area contributed by atoms with Crippen molar-refractivity contribution in [2.75, 3.05) is 38.3 Å². The Labute approximate surface area is 118 Å². The number of para-hydroxylation sites is 2. The lowest BCUT2D eigenvalue weighted by molar-refractivity contribution is 0.00600. The quantitative estimate of drug-likeness (QED) is 0.850. The Hall–Kier alpha value is -1.59. The van der Waals surface area contributed by atoms with Gasteiger partial charge in [-0.05, 0) is 25.0 Å². The zero-order valence-corrected chi connectivity index (χ0v) is 11.8. The van der Waals surface area contributed by atoms with Crippen LogP contribution in [0.2, 0.25) is 0 Å². The summed E-state index contributed by atoms with van der Waals surface area (Å²) in [5, 5.41) is 0. The van der Waals surface area contributed by atoms with Gasteiger partial charge in [-0.15, -0.1) is 0 Å². The molecule has 0 radical (unpaired) electrons. The number of hydrogen-bond donors (Lipinski definition) is 1. The number of nitrogens with one attached hydrogen (secondary N) is 1. The van der Waals surface area contributed by atoms with Crippen LogP contribution in [0.5, 0.6) is 0 Å². The molecule has 0 amide bonds. The molecule has 3 rings (SSSR count). The number of nitrogens with zero attached hydrogens (tertiary/aromatic N) is 2. The maximum absolute atomic E-state index is 5.78. The molecule has 1 saturated heterocycles. The predicted molar refractivity (Wildman–Crippen MR) is 79.2 cm³/mol. The lowest BCUT2D eigenvalue weighted by atomic mass is 10.1. The number of fused-ring (bicyclic) bond motifs is 1. The van der Waals surface area contributed by atoms with E-state index in [1.54, 1.807) is 7.11 Å². The van der Waals surface area contributed by atoms with Gasteiger partial charge in [-0.3, -0.25) is 0 Å². The Kier molecular flexibility index (Phi) is 4.18. The van der Waals surface area contributed by atoms with Gasteiger partial charge < -0.3 is 19.4 Å². The normalized spacial score (nSPS) is 16.9. The molecule has 0 aliphatic carbocycles. The Balaban J connectivity index is 1.57. The van der Waals surface area contributed by atoms with E-state index in [4.69, 9.17) is 9.47 Å². The standard InChI is InChI=1S/C15H21N3O2/c1-19-10-11-20-12-6-8-18(9-7-12)15-16-13-4-2-3-5-14(13)17-15/h2-5,12H,6-11H2,1H3,(H,16,17). The smallest absolute Gasteiger partial charge is 0.203 e. The molecule has 0 unspecified atom stereocenters. The van der Waals surface area contributed by atoms with E-state index in [-0.39, 0.29) is 0 Å². The van der Waals surface area contributed by atoms with Gasteiger partial charge in [0.05, 0.1) is 30.4 Å². The third-order valence-electron chi connectivity index (χ3n) is 3.76. The number of H-pyrrole nitrogens is 1. The average Bonchev–Trinajstić information content (AvgIpc) is 2.92. The van der Waals surface area contributed by atoms with E-state index in [1.165, 1.54) is 0 Å².